The molecule has 2 aromatic rings. The van der Waals surface area contributed by atoms with Crippen LogP contribution < -0.4 is 10.1 Å². The van der Waals surface area contributed by atoms with Crippen molar-refractivity contribution in [1.82, 2.24) is 5.32 Å². The van der Waals surface area contributed by atoms with E-state index in [1.165, 1.54) is 0 Å². The zero-order valence-corrected chi connectivity index (χ0v) is 11.7. The average Bonchev–Trinajstić information content (AvgIpc) is 2.92. The Balaban J connectivity index is 1.60. The maximum atomic E-state index is 9.70. The van der Waals surface area contributed by atoms with E-state index in [1.807, 2.05) is 54.6 Å². The fourth-order valence-corrected chi connectivity index (χ4v) is 2.34. The molecule has 0 aromatic heterocycles. The van der Waals surface area contributed by atoms with Crippen LogP contribution in [-0.2, 0) is 11.3 Å². The van der Waals surface area contributed by atoms with Crippen molar-refractivity contribution in [1.29, 1.82) is 0 Å². The van der Waals surface area contributed by atoms with E-state index in [-0.39, 0.29) is 6.10 Å². The molecule has 3 rings (SSSR count). The Bertz CT molecular complexity index is 573. The van der Waals surface area contributed by atoms with E-state index in [0.29, 0.717) is 19.7 Å². The van der Waals surface area contributed by atoms with Crippen molar-refractivity contribution in [3.8, 4) is 11.5 Å². The molecule has 1 saturated heterocycles. The third kappa shape index (κ3) is 3.82. The molecule has 0 aliphatic carbocycles. The number of hydrogen-bond donors (Lipinski definition) is 2. The van der Waals surface area contributed by atoms with E-state index < -0.39 is 6.10 Å². The number of rotatable bonds is 5. The first kappa shape index (κ1) is 14.1. The lowest BCUT2D eigenvalue weighted by Gasteiger charge is -2.15. The molecule has 2 N–H and O–H groups in total. The molecule has 1 fully saturated rings. The maximum Gasteiger partial charge on any atom is 0.127 e. The van der Waals surface area contributed by atoms with Gasteiger partial charge >= 0.3 is 0 Å². The van der Waals surface area contributed by atoms with Gasteiger partial charge in [0.05, 0.1) is 18.8 Å². The van der Waals surface area contributed by atoms with Gasteiger partial charge < -0.3 is 19.9 Å². The number of benzene rings is 2. The fraction of sp³-hybridized carbons (Fsp3) is 0.294. The molecule has 21 heavy (non-hydrogen) atoms. The number of ether oxygens (including phenoxy) is 2. The molecule has 110 valence electrons. The average molecular weight is 285 g/mol. The van der Waals surface area contributed by atoms with Gasteiger partial charge in [0.2, 0.25) is 0 Å². The van der Waals surface area contributed by atoms with Crippen LogP contribution in [0.5, 0.6) is 11.5 Å². The second-order valence-corrected chi connectivity index (χ2v) is 5.14. The van der Waals surface area contributed by atoms with Crippen molar-refractivity contribution in [2.75, 3.05) is 13.1 Å². The Morgan fingerprint density at radius 3 is 2.57 bits per heavy atom. The van der Waals surface area contributed by atoms with Crippen molar-refractivity contribution in [3.63, 3.8) is 0 Å². The van der Waals surface area contributed by atoms with Crippen molar-refractivity contribution in [2.45, 2.75) is 18.8 Å². The van der Waals surface area contributed by atoms with Crippen LogP contribution in [0.1, 0.15) is 5.56 Å². The minimum Gasteiger partial charge on any atom is -0.457 e. The van der Waals surface area contributed by atoms with Gasteiger partial charge in [-0.05, 0) is 29.8 Å². The van der Waals surface area contributed by atoms with Crippen molar-refractivity contribution < 1.29 is 14.6 Å². The highest BCUT2D eigenvalue weighted by atomic mass is 16.5. The molecular formula is C17H19NO3. The Kier molecular flexibility index (Phi) is 4.50. The summed E-state index contributed by atoms with van der Waals surface area (Å²) >= 11 is 0. The molecule has 1 aliphatic heterocycles. The predicted molar refractivity (Wildman–Crippen MR) is 80.4 cm³/mol. The zero-order chi connectivity index (χ0) is 14.5. The van der Waals surface area contributed by atoms with Crippen LogP contribution in [0.15, 0.2) is 54.6 Å². The summed E-state index contributed by atoms with van der Waals surface area (Å²) in [5, 5.41) is 12.8. The monoisotopic (exact) mass is 285 g/mol. The Labute approximate surface area is 124 Å². The lowest BCUT2D eigenvalue weighted by atomic mass is 10.2. The Hall–Kier alpha value is -1.88. The molecule has 2 aromatic carbocycles. The van der Waals surface area contributed by atoms with Gasteiger partial charge in [-0.2, -0.15) is 0 Å². The van der Waals surface area contributed by atoms with Crippen LogP contribution in [-0.4, -0.2) is 30.4 Å². The van der Waals surface area contributed by atoms with E-state index in [1.54, 1.807) is 0 Å². The first-order valence-corrected chi connectivity index (χ1v) is 7.13. The normalized spacial score (nSPS) is 21.4. The van der Waals surface area contributed by atoms with Crippen LogP contribution in [0.2, 0.25) is 0 Å². The number of aliphatic hydroxyl groups excluding tert-OH is 1. The predicted octanol–water partition coefficient (Wildman–Crippen LogP) is 2.33. The number of hydrogen-bond acceptors (Lipinski definition) is 4. The Morgan fingerprint density at radius 2 is 1.81 bits per heavy atom. The van der Waals surface area contributed by atoms with Gasteiger partial charge in [0.1, 0.15) is 11.5 Å². The first-order valence-electron chi connectivity index (χ1n) is 7.13. The molecular weight excluding hydrogens is 266 g/mol. The van der Waals surface area contributed by atoms with Crippen LogP contribution in [0.4, 0.5) is 0 Å². The van der Waals surface area contributed by atoms with E-state index >= 15 is 0 Å². The third-order valence-electron chi connectivity index (χ3n) is 3.47. The van der Waals surface area contributed by atoms with Crippen LogP contribution >= 0.6 is 0 Å². The van der Waals surface area contributed by atoms with E-state index in [2.05, 4.69) is 5.32 Å². The van der Waals surface area contributed by atoms with Gasteiger partial charge in [-0.1, -0.05) is 30.3 Å². The van der Waals surface area contributed by atoms with Crippen molar-refractivity contribution in [3.05, 3.63) is 60.2 Å². The minimum absolute atomic E-state index is 0.135. The van der Waals surface area contributed by atoms with Gasteiger partial charge in [-0.25, -0.2) is 0 Å². The summed E-state index contributed by atoms with van der Waals surface area (Å²) in [6.45, 7) is 1.76. The summed E-state index contributed by atoms with van der Waals surface area (Å²) in [5.41, 5.74) is 1.03. The van der Waals surface area contributed by atoms with Crippen LogP contribution in [0.3, 0.4) is 0 Å². The van der Waals surface area contributed by atoms with Gasteiger partial charge in [-0.15, -0.1) is 0 Å². The van der Waals surface area contributed by atoms with Gasteiger partial charge in [0.25, 0.3) is 0 Å². The maximum absolute atomic E-state index is 9.70. The highest BCUT2D eigenvalue weighted by Crippen LogP contribution is 2.22. The summed E-state index contributed by atoms with van der Waals surface area (Å²) < 4.78 is 11.5. The highest BCUT2D eigenvalue weighted by Gasteiger charge is 2.25. The van der Waals surface area contributed by atoms with Gasteiger partial charge in [0.15, 0.2) is 0 Å². The largest absolute Gasteiger partial charge is 0.457 e. The molecule has 4 heteroatoms. The van der Waals surface area contributed by atoms with Gasteiger partial charge in [0, 0.05) is 13.1 Å². The van der Waals surface area contributed by atoms with Crippen molar-refractivity contribution in [2.24, 2.45) is 0 Å². The SMILES string of the molecule is O[C@H]1CNC[C@@H]1OCc1cccc(Oc2ccccc2)c1. The molecule has 2 atom stereocenters. The van der Waals surface area contributed by atoms with E-state index in [4.69, 9.17) is 9.47 Å². The summed E-state index contributed by atoms with van der Waals surface area (Å²) in [6, 6.07) is 17.5. The number of nitrogens with one attached hydrogen (secondary N) is 1. The zero-order valence-electron chi connectivity index (χ0n) is 11.7. The number of β-amino-alcohol motifs (C(OH)–C–C–N with tert-alkyl or cyclic N) is 1. The molecule has 1 aliphatic rings. The lowest BCUT2D eigenvalue weighted by Crippen LogP contribution is -2.26. The van der Waals surface area contributed by atoms with Gasteiger partial charge in [-0.3, -0.25) is 0 Å². The standard InChI is InChI=1S/C17H19NO3/c19-16-10-18-11-17(16)20-12-13-5-4-8-15(9-13)21-14-6-2-1-3-7-14/h1-9,16-19H,10-12H2/t16-,17-/m0/s1. The molecule has 0 radical (unpaired) electrons. The molecule has 0 spiro atoms. The summed E-state index contributed by atoms with van der Waals surface area (Å²) in [6.07, 6.45) is -0.558. The molecule has 1 heterocycles. The smallest absolute Gasteiger partial charge is 0.127 e. The molecule has 4 nitrogen and oxygen atoms in total. The quantitative estimate of drug-likeness (QED) is 0.885. The minimum atomic E-state index is -0.422. The van der Waals surface area contributed by atoms with E-state index in [9.17, 15) is 5.11 Å². The Morgan fingerprint density at radius 1 is 1.00 bits per heavy atom. The molecule has 0 bridgehead atoms. The summed E-state index contributed by atoms with van der Waals surface area (Å²) in [5.74, 6) is 1.60. The number of aliphatic hydroxyl groups is 1. The highest BCUT2D eigenvalue weighted by molar-refractivity contribution is 5.33. The molecule has 0 unspecified atom stereocenters. The third-order valence-corrected chi connectivity index (χ3v) is 3.47. The summed E-state index contributed by atoms with van der Waals surface area (Å²) in [7, 11) is 0. The topological polar surface area (TPSA) is 50.7 Å². The number of para-hydroxylation sites is 1. The van der Waals surface area contributed by atoms with Crippen LogP contribution in [0.25, 0.3) is 0 Å². The second-order valence-electron chi connectivity index (χ2n) is 5.14. The lowest BCUT2D eigenvalue weighted by molar-refractivity contribution is -0.0169. The molecule has 0 saturated carbocycles. The molecule has 0 amide bonds. The van der Waals surface area contributed by atoms with Crippen LogP contribution in [0, 0.1) is 0 Å². The van der Waals surface area contributed by atoms with Crippen molar-refractivity contribution >= 4 is 0 Å². The fourth-order valence-electron chi connectivity index (χ4n) is 2.34. The second kappa shape index (κ2) is 6.72. The van der Waals surface area contributed by atoms with E-state index in [0.717, 1.165) is 17.1 Å². The summed E-state index contributed by atoms with van der Waals surface area (Å²) in [4.78, 5) is 0. The first-order chi connectivity index (χ1) is 10.3.